The molecule has 0 bridgehead atoms. The maximum atomic E-state index is 13.1. The lowest BCUT2D eigenvalue weighted by molar-refractivity contribution is -0.138. The predicted molar refractivity (Wildman–Crippen MR) is 99.9 cm³/mol. The molecule has 0 radical (unpaired) electrons. The molecule has 140 valence electrons. The van der Waals surface area contributed by atoms with E-state index in [-0.39, 0.29) is 30.3 Å². The smallest absolute Gasteiger partial charge is 0.254 e. The van der Waals surface area contributed by atoms with Crippen LogP contribution in [0.3, 0.4) is 0 Å². The van der Waals surface area contributed by atoms with E-state index >= 15 is 0 Å². The first-order valence-electron chi connectivity index (χ1n) is 9.46. The highest BCUT2D eigenvalue weighted by Crippen LogP contribution is 2.51. The number of hydrogen-bond donors (Lipinski definition) is 0. The van der Waals surface area contributed by atoms with E-state index in [2.05, 4.69) is 6.07 Å². The summed E-state index contributed by atoms with van der Waals surface area (Å²) in [6.45, 7) is 1.000. The van der Waals surface area contributed by atoms with Crippen molar-refractivity contribution in [2.75, 3.05) is 13.2 Å². The van der Waals surface area contributed by atoms with Crippen LogP contribution in [0.5, 0.6) is 0 Å². The SMILES string of the molecule is N#Cc1ccc(C(=O)N2CC[C@@]34OC[C@@H](c5ccccc5)N3C(=O)C[C@@H]24)cc1. The van der Waals surface area contributed by atoms with Crippen LogP contribution in [0.25, 0.3) is 0 Å². The number of carbonyl (C=O) groups is 2. The predicted octanol–water partition coefficient (Wildman–Crippen LogP) is 2.47. The van der Waals surface area contributed by atoms with Crippen molar-refractivity contribution < 1.29 is 14.3 Å². The lowest BCUT2D eigenvalue weighted by atomic mass is 10.0. The molecule has 0 N–H and O–H groups in total. The summed E-state index contributed by atoms with van der Waals surface area (Å²) in [5, 5.41) is 8.95. The first kappa shape index (κ1) is 17.0. The fraction of sp³-hybridized carbons (Fsp3) is 0.318. The van der Waals surface area contributed by atoms with Gasteiger partial charge in [-0.2, -0.15) is 5.26 Å². The fourth-order valence-electron chi connectivity index (χ4n) is 4.86. The normalized spacial score (nSPS) is 28.2. The molecule has 0 unspecified atom stereocenters. The van der Waals surface area contributed by atoms with Crippen LogP contribution in [0.4, 0.5) is 0 Å². The van der Waals surface area contributed by atoms with Crippen LogP contribution in [0, 0.1) is 11.3 Å². The minimum Gasteiger partial charge on any atom is -0.351 e. The Bertz CT molecular complexity index is 982. The van der Waals surface area contributed by atoms with Crippen molar-refractivity contribution in [3.63, 3.8) is 0 Å². The fourth-order valence-corrected chi connectivity index (χ4v) is 4.86. The largest absolute Gasteiger partial charge is 0.351 e. The third-order valence-corrected chi connectivity index (χ3v) is 6.16. The monoisotopic (exact) mass is 373 g/mol. The molecule has 2 aromatic rings. The van der Waals surface area contributed by atoms with E-state index in [4.69, 9.17) is 10.00 Å². The van der Waals surface area contributed by atoms with Gasteiger partial charge < -0.3 is 14.5 Å². The molecule has 6 nitrogen and oxygen atoms in total. The summed E-state index contributed by atoms with van der Waals surface area (Å²) in [5.41, 5.74) is 1.38. The number of amides is 2. The molecule has 0 aliphatic carbocycles. The minimum absolute atomic E-state index is 0.0358. The van der Waals surface area contributed by atoms with E-state index in [0.29, 0.717) is 30.7 Å². The van der Waals surface area contributed by atoms with Crippen LogP contribution in [0.1, 0.15) is 40.4 Å². The molecule has 28 heavy (non-hydrogen) atoms. The van der Waals surface area contributed by atoms with E-state index < -0.39 is 5.72 Å². The highest BCUT2D eigenvalue weighted by atomic mass is 16.5. The topological polar surface area (TPSA) is 73.6 Å². The number of nitriles is 1. The summed E-state index contributed by atoms with van der Waals surface area (Å²) in [4.78, 5) is 29.6. The molecule has 3 saturated heterocycles. The Balaban J connectivity index is 1.44. The molecule has 5 rings (SSSR count). The molecular weight excluding hydrogens is 354 g/mol. The molecule has 2 aromatic carbocycles. The van der Waals surface area contributed by atoms with Crippen molar-refractivity contribution in [2.45, 2.75) is 30.7 Å². The minimum atomic E-state index is -0.722. The van der Waals surface area contributed by atoms with E-state index in [0.717, 1.165) is 5.56 Å². The third kappa shape index (κ3) is 2.30. The van der Waals surface area contributed by atoms with Crippen molar-refractivity contribution >= 4 is 11.8 Å². The van der Waals surface area contributed by atoms with E-state index in [1.807, 2.05) is 35.2 Å². The van der Waals surface area contributed by atoms with Crippen molar-refractivity contribution in [3.05, 3.63) is 71.3 Å². The standard InChI is InChI=1S/C22H19N3O3/c23-13-15-6-8-17(9-7-15)21(27)24-11-10-22-19(24)12-20(26)25(22)18(14-28-22)16-4-2-1-3-5-16/h1-9,18-19H,10-12,14H2/t18-,19+,22-/m0/s1. The highest BCUT2D eigenvalue weighted by Gasteiger charge is 2.65. The summed E-state index contributed by atoms with van der Waals surface area (Å²) in [7, 11) is 0. The van der Waals surface area contributed by atoms with Gasteiger partial charge in [0.05, 0.1) is 36.7 Å². The quantitative estimate of drug-likeness (QED) is 0.811. The molecule has 1 spiro atoms. The van der Waals surface area contributed by atoms with Gasteiger partial charge in [0.15, 0.2) is 5.72 Å². The summed E-state index contributed by atoms with van der Waals surface area (Å²) in [6.07, 6.45) is 0.903. The van der Waals surface area contributed by atoms with Crippen LogP contribution in [-0.2, 0) is 9.53 Å². The molecule has 6 heteroatoms. The van der Waals surface area contributed by atoms with Gasteiger partial charge in [0.1, 0.15) is 0 Å². The molecule has 3 aliphatic heterocycles. The van der Waals surface area contributed by atoms with Gasteiger partial charge in [-0.3, -0.25) is 9.59 Å². The zero-order valence-corrected chi connectivity index (χ0v) is 15.2. The number of hydrogen-bond acceptors (Lipinski definition) is 4. The van der Waals surface area contributed by atoms with Gasteiger partial charge in [-0.1, -0.05) is 30.3 Å². The van der Waals surface area contributed by atoms with Gasteiger partial charge in [-0.15, -0.1) is 0 Å². The zero-order chi connectivity index (χ0) is 19.3. The first-order chi connectivity index (χ1) is 13.6. The van der Waals surface area contributed by atoms with Crippen LogP contribution in [0.15, 0.2) is 54.6 Å². The Labute approximate surface area is 162 Å². The number of benzene rings is 2. The molecule has 0 aromatic heterocycles. The van der Waals surface area contributed by atoms with Crippen molar-refractivity contribution in [1.29, 1.82) is 5.26 Å². The molecular formula is C22H19N3O3. The van der Waals surface area contributed by atoms with Gasteiger partial charge in [-0.25, -0.2) is 0 Å². The van der Waals surface area contributed by atoms with Gasteiger partial charge in [-0.05, 0) is 29.8 Å². The summed E-state index contributed by atoms with van der Waals surface area (Å²) in [5.74, 6) is -0.0820. The summed E-state index contributed by atoms with van der Waals surface area (Å²) >= 11 is 0. The second-order valence-corrected chi connectivity index (χ2v) is 7.50. The van der Waals surface area contributed by atoms with Gasteiger partial charge in [0.25, 0.3) is 5.91 Å². The Kier molecular flexibility index (Phi) is 3.74. The Morgan fingerprint density at radius 2 is 1.89 bits per heavy atom. The van der Waals surface area contributed by atoms with Gasteiger partial charge in [0, 0.05) is 18.5 Å². The number of carbonyl (C=O) groups excluding carboxylic acids is 2. The Hall–Kier alpha value is -3.17. The summed E-state index contributed by atoms with van der Waals surface area (Å²) < 4.78 is 6.25. The average Bonchev–Trinajstić information content (AvgIpc) is 3.37. The van der Waals surface area contributed by atoms with E-state index in [9.17, 15) is 9.59 Å². The number of likely N-dealkylation sites (tertiary alicyclic amines) is 1. The lowest BCUT2D eigenvalue weighted by Gasteiger charge is -2.33. The van der Waals surface area contributed by atoms with E-state index in [1.54, 1.807) is 29.2 Å². The van der Waals surface area contributed by atoms with Crippen molar-refractivity contribution in [1.82, 2.24) is 9.80 Å². The van der Waals surface area contributed by atoms with Crippen LogP contribution >= 0.6 is 0 Å². The third-order valence-electron chi connectivity index (χ3n) is 6.16. The van der Waals surface area contributed by atoms with E-state index in [1.165, 1.54) is 0 Å². The van der Waals surface area contributed by atoms with Crippen LogP contribution < -0.4 is 0 Å². The Morgan fingerprint density at radius 3 is 2.61 bits per heavy atom. The molecule has 3 aliphatic rings. The molecule has 3 heterocycles. The molecule has 3 fully saturated rings. The highest BCUT2D eigenvalue weighted by molar-refractivity contribution is 5.96. The van der Waals surface area contributed by atoms with Crippen LogP contribution in [-0.4, -0.2) is 46.5 Å². The Morgan fingerprint density at radius 1 is 1.14 bits per heavy atom. The molecule has 2 amide bonds. The average molecular weight is 373 g/mol. The second kappa shape index (κ2) is 6.18. The van der Waals surface area contributed by atoms with Gasteiger partial charge >= 0.3 is 0 Å². The van der Waals surface area contributed by atoms with Crippen molar-refractivity contribution in [3.8, 4) is 6.07 Å². The first-order valence-corrected chi connectivity index (χ1v) is 9.46. The lowest BCUT2D eigenvalue weighted by Crippen LogP contribution is -2.49. The maximum absolute atomic E-state index is 13.1. The van der Waals surface area contributed by atoms with Crippen LogP contribution in [0.2, 0.25) is 0 Å². The maximum Gasteiger partial charge on any atom is 0.254 e. The zero-order valence-electron chi connectivity index (χ0n) is 15.2. The molecule has 3 atom stereocenters. The number of rotatable bonds is 2. The molecule has 0 saturated carbocycles. The summed E-state index contributed by atoms with van der Waals surface area (Å²) in [6, 6.07) is 18.2. The second-order valence-electron chi connectivity index (χ2n) is 7.50. The number of ether oxygens (including phenoxy) is 1. The number of nitrogens with zero attached hydrogens (tertiary/aromatic N) is 3. The van der Waals surface area contributed by atoms with Gasteiger partial charge in [0.2, 0.25) is 5.91 Å². The van der Waals surface area contributed by atoms with Crippen molar-refractivity contribution in [2.24, 2.45) is 0 Å².